The van der Waals surface area contributed by atoms with Crippen molar-refractivity contribution in [3.8, 4) is 0 Å². The molecule has 3 rings (SSSR count). The van der Waals surface area contributed by atoms with Crippen LogP contribution in [0.15, 0.2) is 47.5 Å². The first-order chi connectivity index (χ1) is 11.9. The van der Waals surface area contributed by atoms with Gasteiger partial charge in [0.1, 0.15) is 0 Å². The monoisotopic (exact) mass is 360 g/mol. The van der Waals surface area contributed by atoms with Crippen LogP contribution >= 0.6 is 0 Å². The van der Waals surface area contributed by atoms with Crippen molar-refractivity contribution >= 4 is 15.8 Å². The average Bonchev–Trinajstić information content (AvgIpc) is 2.86. The number of rotatable bonds is 4. The molecule has 1 atom stereocenters. The first-order valence-electron chi connectivity index (χ1n) is 8.65. The summed E-state index contributed by atoms with van der Waals surface area (Å²) in [7, 11) is -1.72. The van der Waals surface area contributed by atoms with Crippen LogP contribution in [0, 0.1) is 0 Å². The fraction of sp³-hybridized carbons (Fsp3) is 0.421. The van der Waals surface area contributed by atoms with Crippen molar-refractivity contribution in [2.45, 2.75) is 43.5 Å². The van der Waals surface area contributed by atoms with Gasteiger partial charge in [-0.05, 0) is 44.0 Å². The van der Waals surface area contributed by atoms with Crippen LogP contribution in [0.2, 0.25) is 0 Å². The highest BCUT2D eigenvalue weighted by molar-refractivity contribution is 7.89. The lowest BCUT2D eigenvalue weighted by Gasteiger charge is -2.29. The number of ketones is 1. The number of aromatic nitrogens is 1. The van der Waals surface area contributed by atoms with Crippen molar-refractivity contribution < 1.29 is 13.2 Å². The van der Waals surface area contributed by atoms with Gasteiger partial charge in [-0.3, -0.25) is 4.79 Å². The lowest BCUT2D eigenvalue weighted by Crippen LogP contribution is -2.35. The smallest absolute Gasteiger partial charge is 0.243 e. The van der Waals surface area contributed by atoms with E-state index in [0.717, 1.165) is 31.4 Å². The predicted octanol–water partition coefficient (Wildman–Crippen LogP) is 3.53. The van der Waals surface area contributed by atoms with Gasteiger partial charge in [0.25, 0.3) is 0 Å². The lowest BCUT2D eigenvalue weighted by atomic mass is 10.1. The Morgan fingerprint density at radius 2 is 1.92 bits per heavy atom. The largest absolute Gasteiger partial charge is 0.353 e. The minimum Gasteiger partial charge on any atom is -0.353 e. The molecule has 1 aromatic carbocycles. The molecule has 1 aliphatic heterocycles. The van der Waals surface area contributed by atoms with Crippen LogP contribution in [0.1, 0.15) is 54.7 Å². The van der Waals surface area contributed by atoms with Crippen LogP contribution in [0.4, 0.5) is 0 Å². The number of Topliss-reactive ketones (excluding diaryl/α,β-unsaturated/α-hetero) is 1. The van der Waals surface area contributed by atoms with Crippen LogP contribution in [-0.2, 0) is 17.1 Å². The second-order valence-corrected chi connectivity index (χ2v) is 8.50. The SMILES string of the molecule is CC(=O)c1cccc(S(=O)(=O)N2CCCCC[C@@H]2c2cccn2C)c1. The van der Waals surface area contributed by atoms with Crippen molar-refractivity contribution in [1.29, 1.82) is 0 Å². The fourth-order valence-electron chi connectivity index (χ4n) is 3.50. The molecule has 25 heavy (non-hydrogen) atoms. The molecule has 2 heterocycles. The summed E-state index contributed by atoms with van der Waals surface area (Å²) in [4.78, 5) is 11.8. The first-order valence-corrected chi connectivity index (χ1v) is 10.1. The number of carbonyl (C=O) groups is 1. The summed E-state index contributed by atoms with van der Waals surface area (Å²) >= 11 is 0. The zero-order chi connectivity index (χ0) is 18.0. The van der Waals surface area contributed by atoms with Gasteiger partial charge in [0.2, 0.25) is 10.0 Å². The van der Waals surface area contributed by atoms with Gasteiger partial charge >= 0.3 is 0 Å². The van der Waals surface area contributed by atoms with E-state index in [-0.39, 0.29) is 16.7 Å². The molecule has 1 saturated heterocycles. The van der Waals surface area contributed by atoms with Gasteiger partial charge in [-0.2, -0.15) is 4.31 Å². The number of hydrogen-bond donors (Lipinski definition) is 0. The maximum Gasteiger partial charge on any atom is 0.243 e. The van der Waals surface area contributed by atoms with Gasteiger partial charge in [0.15, 0.2) is 5.78 Å². The Hall–Kier alpha value is -1.92. The number of sulfonamides is 1. The Balaban J connectivity index is 2.05. The van der Waals surface area contributed by atoms with E-state index in [1.54, 1.807) is 22.5 Å². The Labute approximate surface area is 149 Å². The topological polar surface area (TPSA) is 59.4 Å². The van der Waals surface area contributed by atoms with Crippen molar-refractivity contribution in [2.75, 3.05) is 6.54 Å². The molecule has 0 spiro atoms. The Morgan fingerprint density at radius 1 is 1.12 bits per heavy atom. The zero-order valence-electron chi connectivity index (χ0n) is 14.7. The van der Waals surface area contributed by atoms with Crippen molar-refractivity contribution in [2.24, 2.45) is 7.05 Å². The average molecular weight is 360 g/mol. The van der Waals surface area contributed by atoms with E-state index < -0.39 is 10.0 Å². The van der Waals surface area contributed by atoms with E-state index in [4.69, 9.17) is 0 Å². The van der Waals surface area contributed by atoms with E-state index in [9.17, 15) is 13.2 Å². The molecule has 0 amide bonds. The van der Waals surface area contributed by atoms with Crippen LogP contribution < -0.4 is 0 Å². The summed E-state index contributed by atoms with van der Waals surface area (Å²) in [6.45, 7) is 1.95. The summed E-state index contributed by atoms with van der Waals surface area (Å²) in [5.74, 6) is -0.132. The van der Waals surface area contributed by atoms with Crippen molar-refractivity contribution in [1.82, 2.24) is 8.87 Å². The van der Waals surface area contributed by atoms with Crippen LogP contribution in [-0.4, -0.2) is 29.6 Å². The number of nitrogens with zero attached hydrogens (tertiary/aromatic N) is 2. The molecule has 0 N–H and O–H groups in total. The minimum atomic E-state index is -3.67. The number of carbonyl (C=O) groups excluding carboxylic acids is 1. The number of benzene rings is 1. The highest BCUT2D eigenvalue weighted by Gasteiger charge is 2.34. The molecule has 134 valence electrons. The standard InChI is InChI=1S/C19H24N2O3S/c1-15(22)16-8-6-9-17(14-16)25(23,24)21-13-5-3-4-10-19(21)18-11-7-12-20(18)2/h6-9,11-12,14,19H,3-5,10,13H2,1-2H3/t19-/m1/s1. The summed E-state index contributed by atoms with van der Waals surface area (Å²) in [5, 5.41) is 0. The van der Waals surface area contributed by atoms with Crippen LogP contribution in [0.3, 0.4) is 0 Å². The van der Waals surface area contributed by atoms with Crippen molar-refractivity contribution in [3.63, 3.8) is 0 Å². The Kier molecular flexibility index (Phi) is 5.11. The molecule has 2 aromatic rings. The summed E-state index contributed by atoms with van der Waals surface area (Å²) in [6.07, 6.45) is 5.65. The number of aryl methyl sites for hydroxylation is 1. The van der Waals surface area contributed by atoms with E-state index in [1.807, 2.05) is 29.9 Å². The first kappa shape index (κ1) is 17.9. The number of hydrogen-bond acceptors (Lipinski definition) is 3. The third-order valence-corrected chi connectivity index (χ3v) is 6.78. The van der Waals surface area contributed by atoms with E-state index in [0.29, 0.717) is 12.1 Å². The molecule has 0 unspecified atom stereocenters. The Morgan fingerprint density at radius 3 is 2.60 bits per heavy atom. The van der Waals surface area contributed by atoms with Gasteiger partial charge < -0.3 is 4.57 Å². The van der Waals surface area contributed by atoms with Crippen LogP contribution in [0.25, 0.3) is 0 Å². The van der Waals surface area contributed by atoms with Crippen molar-refractivity contribution in [3.05, 3.63) is 53.9 Å². The fourth-order valence-corrected chi connectivity index (χ4v) is 5.21. The highest BCUT2D eigenvalue weighted by Crippen LogP contribution is 2.34. The van der Waals surface area contributed by atoms with E-state index >= 15 is 0 Å². The maximum absolute atomic E-state index is 13.3. The van der Waals surface area contributed by atoms with Gasteiger partial charge in [-0.15, -0.1) is 0 Å². The summed E-state index contributed by atoms with van der Waals surface area (Å²) in [6, 6.07) is 10.1. The summed E-state index contributed by atoms with van der Waals surface area (Å²) < 4.78 is 30.3. The second kappa shape index (κ2) is 7.14. The molecule has 1 aliphatic rings. The molecule has 0 saturated carbocycles. The van der Waals surface area contributed by atoms with E-state index in [1.165, 1.54) is 13.0 Å². The van der Waals surface area contributed by atoms with Gasteiger partial charge in [0, 0.05) is 31.0 Å². The molecular formula is C19H24N2O3S. The maximum atomic E-state index is 13.3. The quantitative estimate of drug-likeness (QED) is 0.784. The minimum absolute atomic E-state index is 0.132. The molecule has 0 radical (unpaired) electrons. The zero-order valence-corrected chi connectivity index (χ0v) is 15.5. The molecular weight excluding hydrogens is 336 g/mol. The molecule has 1 fully saturated rings. The van der Waals surface area contributed by atoms with Gasteiger partial charge in [-0.1, -0.05) is 25.0 Å². The normalized spacial score (nSPS) is 19.5. The van der Waals surface area contributed by atoms with Gasteiger partial charge in [0.05, 0.1) is 10.9 Å². The lowest BCUT2D eigenvalue weighted by molar-refractivity contribution is 0.101. The third kappa shape index (κ3) is 3.55. The summed E-state index contributed by atoms with van der Waals surface area (Å²) in [5.41, 5.74) is 1.43. The second-order valence-electron chi connectivity index (χ2n) is 6.61. The molecule has 0 bridgehead atoms. The molecule has 5 nitrogen and oxygen atoms in total. The van der Waals surface area contributed by atoms with E-state index in [2.05, 4.69) is 0 Å². The van der Waals surface area contributed by atoms with Crippen LogP contribution in [0.5, 0.6) is 0 Å². The predicted molar refractivity (Wildman–Crippen MR) is 97.0 cm³/mol. The Bertz CT molecular complexity index is 870. The molecule has 0 aliphatic carbocycles. The van der Waals surface area contributed by atoms with Gasteiger partial charge in [-0.25, -0.2) is 8.42 Å². The third-order valence-electron chi connectivity index (χ3n) is 4.88. The molecule has 6 heteroatoms. The highest BCUT2D eigenvalue weighted by atomic mass is 32.2. The molecule has 1 aromatic heterocycles.